The van der Waals surface area contributed by atoms with Gasteiger partial charge in [-0.25, -0.2) is 24.3 Å². The predicted molar refractivity (Wildman–Crippen MR) is 119 cm³/mol. The van der Waals surface area contributed by atoms with E-state index in [9.17, 15) is 22.4 Å². The summed E-state index contributed by atoms with van der Waals surface area (Å²) in [5.41, 5.74) is 0.455. The van der Waals surface area contributed by atoms with E-state index in [1.807, 2.05) is 0 Å². The minimum atomic E-state index is -4.45. The van der Waals surface area contributed by atoms with Gasteiger partial charge in [-0.15, -0.1) is 0 Å². The van der Waals surface area contributed by atoms with Crippen LogP contribution in [-0.2, 0) is 6.18 Å². The van der Waals surface area contributed by atoms with E-state index in [0.29, 0.717) is 23.6 Å². The molecule has 1 N–H and O–H groups in total. The lowest BCUT2D eigenvalue weighted by Gasteiger charge is -2.50. The molecule has 0 radical (unpaired) electrons. The first-order chi connectivity index (χ1) is 16.7. The molecule has 3 aromatic heterocycles. The second-order valence-corrected chi connectivity index (χ2v) is 8.96. The van der Waals surface area contributed by atoms with Crippen molar-refractivity contribution >= 4 is 11.7 Å². The number of pyridine rings is 2. The Morgan fingerprint density at radius 3 is 2.49 bits per heavy atom. The topological polar surface area (TPSA) is 83.9 Å². The van der Waals surface area contributed by atoms with Crippen LogP contribution in [0.25, 0.3) is 11.5 Å². The van der Waals surface area contributed by atoms with Crippen molar-refractivity contribution in [2.75, 3.05) is 11.9 Å². The van der Waals surface area contributed by atoms with Crippen molar-refractivity contribution in [1.29, 1.82) is 0 Å². The number of rotatable bonds is 4. The first kappa shape index (κ1) is 23.1. The lowest BCUT2D eigenvalue weighted by atomic mass is 9.76. The summed E-state index contributed by atoms with van der Waals surface area (Å²) in [6, 6.07) is 5.39. The standard InChI is InChI=1S/C24H22F4N6O/c1-13-2-5-17(21(32-13)22-30-10-16(25)11-31-22)23(35)34-12-14-3-6-19(34)18(8-14)33-20-7-4-15(9-29-20)24(26,27)28/h2,4-5,7,9-11,14,18-19H,3,6,8,12H2,1H3,(H,29,33)/t14?,18-,19+/m1/s1. The van der Waals surface area contributed by atoms with Crippen LogP contribution in [0.2, 0.25) is 0 Å². The maximum Gasteiger partial charge on any atom is 0.417 e. The van der Waals surface area contributed by atoms with E-state index < -0.39 is 17.6 Å². The van der Waals surface area contributed by atoms with Crippen LogP contribution in [0.5, 0.6) is 0 Å². The Kier molecular flexibility index (Phi) is 5.86. The summed E-state index contributed by atoms with van der Waals surface area (Å²) in [5, 5.41) is 3.23. The Balaban J connectivity index is 1.40. The summed E-state index contributed by atoms with van der Waals surface area (Å²) in [7, 11) is 0. The van der Waals surface area contributed by atoms with Crippen LogP contribution in [0.3, 0.4) is 0 Å². The molecule has 0 spiro atoms. The lowest BCUT2D eigenvalue weighted by Crippen LogP contribution is -2.59. The van der Waals surface area contributed by atoms with E-state index in [2.05, 4.69) is 25.3 Å². The zero-order chi connectivity index (χ0) is 24.7. The summed E-state index contributed by atoms with van der Waals surface area (Å²) < 4.78 is 51.9. The van der Waals surface area contributed by atoms with Crippen LogP contribution in [0.15, 0.2) is 42.9 Å². The summed E-state index contributed by atoms with van der Waals surface area (Å²) in [6.07, 6.45) is 0.924. The molecule has 1 amide bonds. The SMILES string of the molecule is Cc1ccc(C(=O)N2CC3CC[C@H]2[C@H](Nc2ccc(C(F)(F)F)cn2)C3)c(-c2ncc(F)cn2)n1. The zero-order valence-electron chi connectivity index (χ0n) is 18.8. The Bertz CT molecular complexity index is 1230. The minimum Gasteiger partial charge on any atom is -0.365 e. The Morgan fingerprint density at radius 1 is 1.06 bits per heavy atom. The molecule has 182 valence electrons. The van der Waals surface area contributed by atoms with E-state index in [0.717, 1.165) is 43.9 Å². The zero-order valence-corrected chi connectivity index (χ0v) is 18.8. The molecule has 35 heavy (non-hydrogen) atoms. The fourth-order valence-electron chi connectivity index (χ4n) is 4.91. The smallest absolute Gasteiger partial charge is 0.365 e. The number of aryl methyl sites for hydroxylation is 1. The normalized spacial score (nSPS) is 21.7. The highest BCUT2D eigenvalue weighted by molar-refractivity contribution is 5.99. The van der Waals surface area contributed by atoms with Crippen molar-refractivity contribution in [3.8, 4) is 11.5 Å². The number of anilines is 1. The fraction of sp³-hybridized carbons (Fsp3) is 0.375. The van der Waals surface area contributed by atoms with E-state index in [-0.39, 0.29) is 35.4 Å². The fourth-order valence-corrected chi connectivity index (χ4v) is 4.91. The van der Waals surface area contributed by atoms with Gasteiger partial charge >= 0.3 is 6.18 Å². The van der Waals surface area contributed by atoms with Crippen LogP contribution in [0, 0.1) is 18.7 Å². The average Bonchev–Trinajstić information content (AvgIpc) is 2.84. The highest BCUT2D eigenvalue weighted by Gasteiger charge is 2.44. The summed E-state index contributed by atoms with van der Waals surface area (Å²) in [6.45, 7) is 2.35. The van der Waals surface area contributed by atoms with Crippen LogP contribution in [0.1, 0.15) is 40.9 Å². The van der Waals surface area contributed by atoms with Gasteiger partial charge in [0.05, 0.1) is 29.6 Å². The van der Waals surface area contributed by atoms with Gasteiger partial charge in [0.25, 0.3) is 5.91 Å². The van der Waals surface area contributed by atoms with Gasteiger partial charge in [0.1, 0.15) is 11.5 Å². The van der Waals surface area contributed by atoms with Crippen molar-refractivity contribution in [3.05, 3.63) is 65.5 Å². The number of carbonyl (C=O) groups is 1. The van der Waals surface area contributed by atoms with Gasteiger partial charge in [0, 0.05) is 24.5 Å². The molecule has 3 fully saturated rings. The molecule has 3 aliphatic rings. The number of alkyl halides is 3. The van der Waals surface area contributed by atoms with Gasteiger partial charge in [-0.05, 0) is 56.4 Å². The molecule has 11 heteroatoms. The summed E-state index contributed by atoms with van der Waals surface area (Å²) in [4.78, 5) is 31.9. The Hall–Kier alpha value is -3.63. The molecule has 1 aliphatic carbocycles. The third-order valence-corrected chi connectivity index (χ3v) is 6.56. The molecule has 3 atom stereocenters. The highest BCUT2D eigenvalue weighted by atomic mass is 19.4. The third kappa shape index (κ3) is 4.67. The van der Waals surface area contributed by atoms with Crippen molar-refractivity contribution in [2.45, 2.75) is 44.4 Å². The second kappa shape index (κ2) is 8.86. The number of piperidine rings is 2. The van der Waals surface area contributed by atoms with Crippen LogP contribution < -0.4 is 5.32 Å². The Labute approximate surface area is 198 Å². The number of aromatic nitrogens is 4. The molecule has 3 aromatic rings. The van der Waals surface area contributed by atoms with Crippen molar-refractivity contribution < 1.29 is 22.4 Å². The third-order valence-electron chi connectivity index (χ3n) is 6.56. The number of fused-ring (bicyclic) bond motifs is 3. The molecular formula is C24H22F4N6O. The van der Waals surface area contributed by atoms with E-state index in [4.69, 9.17) is 0 Å². The number of nitrogens with one attached hydrogen (secondary N) is 1. The molecule has 1 unspecified atom stereocenters. The molecule has 7 nitrogen and oxygen atoms in total. The van der Waals surface area contributed by atoms with Crippen molar-refractivity contribution in [2.24, 2.45) is 5.92 Å². The van der Waals surface area contributed by atoms with Crippen molar-refractivity contribution in [1.82, 2.24) is 24.8 Å². The van der Waals surface area contributed by atoms with E-state index in [1.165, 1.54) is 6.07 Å². The Morgan fingerprint density at radius 2 is 1.83 bits per heavy atom. The molecule has 2 aliphatic heterocycles. The van der Waals surface area contributed by atoms with Gasteiger partial charge in [-0.3, -0.25) is 4.79 Å². The largest absolute Gasteiger partial charge is 0.417 e. The van der Waals surface area contributed by atoms with Gasteiger partial charge in [-0.1, -0.05) is 0 Å². The van der Waals surface area contributed by atoms with Crippen LogP contribution >= 0.6 is 0 Å². The minimum absolute atomic E-state index is 0.153. The van der Waals surface area contributed by atoms with Gasteiger partial charge in [0.15, 0.2) is 11.6 Å². The van der Waals surface area contributed by atoms with Crippen LogP contribution in [-0.4, -0.2) is 49.4 Å². The number of hydrogen-bond acceptors (Lipinski definition) is 6. The van der Waals surface area contributed by atoms with Gasteiger partial charge in [0.2, 0.25) is 0 Å². The maximum atomic E-state index is 13.7. The number of hydrogen-bond donors (Lipinski definition) is 1. The number of carbonyl (C=O) groups excluding carboxylic acids is 1. The number of halogens is 4. The van der Waals surface area contributed by atoms with Crippen LogP contribution in [0.4, 0.5) is 23.4 Å². The molecule has 2 bridgehead atoms. The van der Waals surface area contributed by atoms with E-state index in [1.54, 1.807) is 24.0 Å². The monoisotopic (exact) mass is 486 g/mol. The van der Waals surface area contributed by atoms with Crippen molar-refractivity contribution in [3.63, 3.8) is 0 Å². The van der Waals surface area contributed by atoms with E-state index >= 15 is 0 Å². The molecular weight excluding hydrogens is 464 g/mol. The average molecular weight is 486 g/mol. The number of amides is 1. The quantitative estimate of drug-likeness (QED) is 0.547. The predicted octanol–water partition coefficient (Wildman–Crippen LogP) is 4.51. The lowest BCUT2D eigenvalue weighted by molar-refractivity contribution is -0.137. The van der Waals surface area contributed by atoms with Gasteiger partial charge in [-0.2, -0.15) is 13.2 Å². The summed E-state index contributed by atoms with van der Waals surface area (Å²) >= 11 is 0. The first-order valence-electron chi connectivity index (χ1n) is 11.3. The molecule has 6 rings (SSSR count). The first-order valence-corrected chi connectivity index (χ1v) is 11.3. The number of nitrogens with zero attached hydrogens (tertiary/aromatic N) is 5. The maximum absolute atomic E-state index is 13.7. The second-order valence-electron chi connectivity index (χ2n) is 8.96. The molecule has 0 aromatic carbocycles. The summed E-state index contributed by atoms with van der Waals surface area (Å²) in [5.74, 6) is -0.0835. The van der Waals surface area contributed by atoms with Gasteiger partial charge < -0.3 is 10.2 Å². The molecule has 1 saturated carbocycles. The highest BCUT2D eigenvalue weighted by Crippen LogP contribution is 2.38. The molecule has 2 saturated heterocycles. The molecule has 5 heterocycles.